The number of ether oxygens (including phenoxy) is 2. The summed E-state index contributed by atoms with van der Waals surface area (Å²) >= 11 is 0. The van der Waals surface area contributed by atoms with E-state index < -0.39 is 0 Å². The van der Waals surface area contributed by atoms with Crippen LogP contribution in [0, 0.1) is 0 Å². The van der Waals surface area contributed by atoms with Crippen molar-refractivity contribution in [1.29, 1.82) is 0 Å². The summed E-state index contributed by atoms with van der Waals surface area (Å²) in [6, 6.07) is 0.598. The van der Waals surface area contributed by atoms with Crippen molar-refractivity contribution in [3.05, 3.63) is 0 Å². The van der Waals surface area contributed by atoms with Crippen LogP contribution >= 0.6 is 0 Å². The zero-order valence-electron chi connectivity index (χ0n) is 10.9. The van der Waals surface area contributed by atoms with Gasteiger partial charge in [0, 0.05) is 39.3 Å². The van der Waals surface area contributed by atoms with Gasteiger partial charge in [0.2, 0.25) is 0 Å². The van der Waals surface area contributed by atoms with Crippen molar-refractivity contribution >= 4 is 0 Å². The molecular formula is C12H26N2O2. The van der Waals surface area contributed by atoms with Crippen molar-refractivity contribution in [3.8, 4) is 0 Å². The molecular weight excluding hydrogens is 204 g/mol. The minimum absolute atomic E-state index is 0.333. The van der Waals surface area contributed by atoms with Crippen molar-refractivity contribution in [2.45, 2.75) is 32.4 Å². The number of morpholine rings is 1. The van der Waals surface area contributed by atoms with Crippen molar-refractivity contribution in [2.75, 3.05) is 46.5 Å². The molecule has 0 saturated carbocycles. The van der Waals surface area contributed by atoms with Crippen molar-refractivity contribution in [2.24, 2.45) is 0 Å². The van der Waals surface area contributed by atoms with Gasteiger partial charge in [-0.05, 0) is 13.3 Å². The molecule has 4 heteroatoms. The van der Waals surface area contributed by atoms with E-state index in [1.807, 2.05) is 0 Å². The van der Waals surface area contributed by atoms with Crippen LogP contribution in [0.3, 0.4) is 0 Å². The standard InChI is InChI=1S/C12H26N2O2/c1-4-11(2)14(6-8-15-3)10-12-9-13-5-7-16-12/h11-13H,4-10H2,1-3H3. The lowest BCUT2D eigenvalue weighted by molar-refractivity contribution is -0.00700. The Kier molecular flexibility index (Phi) is 6.96. The molecule has 4 nitrogen and oxygen atoms in total. The molecule has 1 fully saturated rings. The second-order valence-electron chi connectivity index (χ2n) is 4.44. The Balaban J connectivity index is 2.34. The third-order valence-corrected chi connectivity index (χ3v) is 3.24. The molecule has 0 bridgehead atoms. The lowest BCUT2D eigenvalue weighted by Crippen LogP contribution is -2.48. The van der Waals surface area contributed by atoms with Crippen molar-refractivity contribution in [1.82, 2.24) is 10.2 Å². The molecule has 0 aromatic carbocycles. The summed E-state index contributed by atoms with van der Waals surface area (Å²) in [7, 11) is 1.76. The molecule has 0 spiro atoms. The lowest BCUT2D eigenvalue weighted by Gasteiger charge is -2.33. The second kappa shape index (κ2) is 8.01. The van der Waals surface area contributed by atoms with E-state index in [4.69, 9.17) is 9.47 Å². The minimum atomic E-state index is 0.333. The highest BCUT2D eigenvalue weighted by atomic mass is 16.5. The molecule has 2 atom stereocenters. The Morgan fingerprint density at radius 2 is 2.38 bits per heavy atom. The first kappa shape index (κ1) is 13.9. The third kappa shape index (κ3) is 4.78. The van der Waals surface area contributed by atoms with Crippen LogP contribution in [0.4, 0.5) is 0 Å². The van der Waals surface area contributed by atoms with Gasteiger partial charge in [0.1, 0.15) is 0 Å². The van der Waals surface area contributed by atoms with E-state index in [0.717, 1.165) is 39.4 Å². The summed E-state index contributed by atoms with van der Waals surface area (Å²) in [5.41, 5.74) is 0. The van der Waals surface area contributed by atoms with Crippen molar-refractivity contribution < 1.29 is 9.47 Å². The molecule has 0 amide bonds. The van der Waals surface area contributed by atoms with Gasteiger partial charge in [-0.15, -0.1) is 0 Å². The Labute approximate surface area is 99.3 Å². The SMILES string of the molecule is CCC(C)N(CCOC)CC1CNCCO1. The van der Waals surface area contributed by atoms with Crippen LogP contribution in [0.2, 0.25) is 0 Å². The molecule has 0 aromatic heterocycles. The zero-order chi connectivity index (χ0) is 11.8. The number of hydrogen-bond acceptors (Lipinski definition) is 4. The summed E-state index contributed by atoms with van der Waals surface area (Å²) in [6.07, 6.45) is 1.50. The van der Waals surface area contributed by atoms with Gasteiger partial charge in [0.25, 0.3) is 0 Å². The summed E-state index contributed by atoms with van der Waals surface area (Å²) in [6.45, 7) is 10.1. The zero-order valence-corrected chi connectivity index (χ0v) is 10.9. The summed E-state index contributed by atoms with van der Waals surface area (Å²) < 4.78 is 10.9. The van der Waals surface area contributed by atoms with E-state index in [2.05, 4.69) is 24.1 Å². The van der Waals surface area contributed by atoms with Crippen LogP contribution in [-0.2, 0) is 9.47 Å². The number of nitrogens with one attached hydrogen (secondary N) is 1. The first-order valence-corrected chi connectivity index (χ1v) is 6.33. The predicted octanol–water partition coefficient (Wildman–Crippen LogP) is 0.722. The second-order valence-corrected chi connectivity index (χ2v) is 4.44. The maximum atomic E-state index is 5.74. The Hall–Kier alpha value is -0.160. The molecule has 16 heavy (non-hydrogen) atoms. The highest BCUT2D eigenvalue weighted by Crippen LogP contribution is 2.07. The minimum Gasteiger partial charge on any atom is -0.383 e. The van der Waals surface area contributed by atoms with Gasteiger partial charge >= 0.3 is 0 Å². The molecule has 1 aliphatic rings. The topological polar surface area (TPSA) is 33.7 Å². The maximum absolute atomic E-state index is 5.74. The highest BCUT2D eigenvalue weighted by Gasteiger charge is 2.20. The Bertz CT molecular complexity index is 172. The van der Waals surface area contributed by atoms with E-state index in [0.29, 0.717) is 12.1 Å². The number of hydrogen-bond donors (Lipinski definition) is 1. The van der Waals surface area contributed by atoms with E-state index in [9.17, 15) is 0 Å². The number of nitrogens with zero attached hydrogens (tertiary/aromatic N) is 1. The Morgan fingerprint density at radius 3 is 2.94 bits per heavy atom. The van der Waals surface area contributed by atoms with Crippen LogP contribution in [0.1, 0.15) is 20.3 Å². The van der Waals surface area contributed by atoms with Gasteiger partial charge in [-0.3, -0.25) is 4.90 Å². The van der Waals surface area contributed by atoms with Crippen LogP contribution < -0.4 is 5.32 Å². The van der Waals surface area contributed by atoms with Crippen LogP contribution in [0.5, 0.6) is 0 Å². The first-order chi connectivity index (χ1) is 7.77. The summed E-state index contributed by atoms with van der Waals surface area (Å²) in [5.74, 6) is 0. The molecule has 1 saturated heterocycles. The van der Waals surface area contributed by atoms with Crippen LogP contribution in [0.25, 0.3) is 0 Å². The van der Waals surface area contributed by atoms with Crippen molar-refractivity contribution in [3.63, 3.8) is 0 Å². The maximum Gasteiger partial charge on any atom is 0.0826 e. The molecule has 0 aliphatic carbocycles. The molecule has 1 heterocycles. The molecule has 1 rings (SSSR count). The largest absolute Gasteiger partial charge is 0.383 e. The molecule has 96 valence electrons. The fourth-order valence-electron chi connectivity index (χ4n) is 1.96. The third-order valence-electron chi connectivity index (χ3n) is 3.24. The Morgan fingerprint density at radius 1 is 1.56 bits per heavy atom. The van der Waals surface area contributed by atoms with Crippen LogP contribution in [-0.4, -0.2) is 63.5 Å². The summed E-state index contributed by atoms with van der Waals surface area (Å²) in [5, 5.41) is 3.37. The van der Waals surface area contributed by atoms with Gasteiger partial charge < -0.3 is 14.8 Å². The lowest BCUT2D eigenvalue weighted by atomic mass is 10.2. The fraction of sp³-hybridized carbons (Fsp3) is 1.00. The van der Waals surface area contributed by atoms with E-state index in [1.54, 1.807) is 7.11 Å². The van der Waals surface area contributed by atoms with Gasteiger partial charge in [-0.25, -0.2) is 0 Å². The predicted molar refractivity (Wildman–Crippen MR) is 65.8 cm³/mol. The fourth-order valence-corrected chi connectivity index (χ4v) is 1.96. The monoisotopic (exact) mass is 230 g/mol. The van der Waals surface area contributed by atoms with Gasteiger partial charge in [0.05, 0.1) is 19.3 Å². The number of rotatable bonds is 7. The number of methoxy groups -OCH3 is 1. The quantitative estimate of drug-likeness (QED) is 0.699. The summed E-state index contributed by atoms with van der Waals surface area (Å²) in [4.78, 5) is 2.46. The molecule has 2 unspecified atom stereocenters. The van der Waals surface area contributed by atoms with Gasteiger partial charge in [0.15, 0.2) is 0 Å². The van der Waals surface area contributed by atoms with Gasteiger partial charge in [-0.2, -0.15) is 0 Å². The van der Waals surface area contributed by atoms with E-state index in [-0.39, 0.29) is 0 Å². The van der Waals surface area contributed by atoms with Crippen LogP contribution in [0.15, 0.2) is 0 Å². The molecule has 0 aromatic rings. The molecule has 1 N–H and O–H groups in total. The molecule has 0 radical (unpaired) electrons. The first-order valence-electron chi connectivity index (χ1n) is 6.33. The van der Waals surface area contributed by atoms with Gasteiger partial charge in [-0.1, -0.05) is 6.92 Å². The average molecular weight is 230 g/mol. The smallest absolute Gasteiger partial charge is 0.0826 e. The van der Waals surface area contributed by atoms with E-state index in [1.165, 1.54) is 6.42 Å². The highest BCUT2D eigenvalue weighted by molar-refractivity contribution is 4.75. The normalized spacial score (nSPS) is 23.6. The van der Waals surface area contributed by atoms with E-state index >= 15 is 0 Å². The molecule has 1 aliphatic heterocycles. The average Bonchev–Trinajstić information content (AvgIpc) is 2.34.